The van der Waals surface area contributed by atoms with E-state index >= 15 is 0 Å². The molecular formula is C23H25ClN2O3S. The average Bonchev–Trinajstić information content (AvgIpc) is 3.09. The molecule has 1 aromatic heterocycles. The Labute approximate surface area is 185 Å². The highest BCUT2D eigenvalue weighted by atomic mass is 35.5. The Morgan fingerprint density at radius 1 is 1.07 bits per heavy atom. The summed E-state index contributed by atoms with van der Waals surface area (Å²) in [5, 5.41) is 4.11. The zero-order valence-electron chi connectivity index (χ0n) is 17.3. The van der Waals surface area contributed by atoms with Crippen molar-refractivity contribution in [3.8, 4) is 5.75 Å². The van der Waals surface area contributed by atoms with Gasteiger partial charge in [-0.05, 0) is 55.3 Å². The summed E-state index contributed by atoms with van der Waals surface area (Å²) in [6, 6.07) is 12.5. The molecule has 0 unspecified atom stereocenters. The molecule has 0 spiro atoms. The molecule has 1 N–H and O–H groups in total. The normalized spacial score (nSPS) is 10.8. The van der Waals surface area contributed by atoms with E-state index in [9.17, 15) is 9.59 Å². The lowest BCUT2D eigenvalue weighted by Crippen LogP contribution is -2.32. The van der Waals surface area contributed by atoms with Crippen LogP contribution < -0.4 is 10.1 Å². The minimum absolute atomic E-state index is 0.0121. The van der Waals surface area contributed by atoms with Crippen LogP contribution in [-0.2, 0) is 0 Å². The van der Waals surface area contributed by atoms with Crippen molar-refractivity contribution in [1.82, 2.24) is 4.90 Å². The molecule has 0 aliphatic rings. The lowest BCUT2D eigenvalue weighted by atomic mass is 10.1. The van der Waals surface area contributed by atoms with Crippen LogP contribution in [0.15, 0.2) is 42.5 Å². The van der Waals surface area contributed by atoms with Gasteiger partial charge in [0.15, 0.2) is 0 Å². The number of carbonyl (C=O) groups excluding carboxylic acids is 2. The monoisotopic (exact) mass is 444 g/mol. The molecule has 0 fully saturated rings. The van der Waals surface area contributed by atoms with Gasteiger partial charge in [-0.15, -0.1) is 11.3 Å². The van der Waals surface area contributed by atoms with E-state index in [1.165, 1.54) is 11.3 Å². The fourth-order valence-electron chi connectivity index (χ4n) is 3.24. The number of amides is 2. The van der Waals surface area contributed by atoms with Gasteiger partial charge in [0.1, 0.15) is 10.6 Å². The molecule has 7 heteroatoms. The number of nitrogens with zero attached hydrogens (tertiary/aromatic N) is 1. The van der Waals surface area contributed by atoms with Gasteiger partial charge in [-0.25, -0.2) is 0 Å². The van der Waals surface area contributed by atoms with Crippen LogP contribution >= 0.6 is 22.9 Å². The van der Waals surface area contributed by atoms with Crippen LogP contribution in [0, 0.1) is 0 Å². The summed E-state index contributed by atoms with van der Waals surface area (Å²) in [5.74, 6) is 0.448. The molecule has 0 saturated heterocycles. The number of anilines is 1. The highest BCUT2D eigenvalue weighted by molar-refractivity contribution is 7.21. The minimum Gasteiger partial charge on any atom is -0.497 e. The van der Waals surface area contributed by atoms with Crippen LogP contribution in [0.25, 0.3) is 10.1 Å². The summed E-state index contributed by atoms with van der Waals surface area (Å²) in [6.07, 6.45) is 1.84. The summed E-state index contributed by atoms with van der Waals surface area (Å²) in [7, 11) is 1.60. The Kier molecular flexibility index (Phi) is 7.34. The van der Waals surface area contributed by atoms with Gasteiger partial charge in [-0.1, -0.05) is 25.4 Å². The van der Waals surface area contributed by atoms with Gasteiger partial charge in [-0.3, -0.25) is 9.59 Å². The fraction of sp³-hybridized carbons (Fsp3) is 0.304. The summed E-state index contributed by atoms with van der Waals surface area (Å²) in [6.45, 7) is 5.59. The van der Waals surface area contributed by atoms with E-state index in [2.05, 4.69) is 19.2 Å². The molecule has 0 radical (unpaired) electrons. The Morgan fingerprint density at radius 2 is 1.73 bits per heavy atom. The Bertz CT molecular complexity index is 1040. The first-order valence-electron chi connectivity index (χ1n) is 9.95. The number of benzene rings is 2. The molecule has 5 nitrogen and oxygen atoms in total. The number of halogens is 1. The van der Waals surface area contributed by atoms with E-state index in [0.717, 1.165) is 36.0 Å². The van der Waals surface area contributed by atoms with Crippen molar-refractivity contribution in [1.29, 1.82) is 0 Å². The predicted molar refractivity (Wildman–Crippen MR) is 124 cm³/mol. The molecule has 0 bridgehead atoms. The first-order chi connectivity index (χ1) is 14.5. The molecule has 2 aromatic carbocycles. The van der Waals surface area contributed by atoms with Crippen molar-refractivity contribution in [2.45, 2.75) is 26.7 Å². The molecule has 158 valence electrons. The highest BCUT2D eigenvalue weighted by Gasteiger charge is 2.18. The first kappa shape index (κ1) is 22.1. The van der Waals surface area contributed by atoms with Crippen molar-refractivity contribution in [2.24, 2.45) is 0 Å². The molecule has 2 amide bonds. The largest absolute Gasteiger partial charge is 0.497 e. The second kappa shape index (κ2) is 9.96. The Morgan fingerprint density at radius 3 is 2.33 bits per heavy atom. The number of hydrogen-bond acceptors (Lipinski definition) is 4. The maximum Gasteiger partial charge on any atom is 0.267 e. The minimum atomic E-state index is -0.280. The van der Waals surface area contributed by atoms with Gasteiger partial charge >= 0.3 is 0 Å². The van der Waals surface area contributed by atoms with Gasteiger partial charge in [0, 0.05) is 34.4 Å². The van der Waals surface area contributed by atoms with Crippen molar-refractivity contribution in [2.75, 3.05) is 25.5 Å². The molecular weight excluding hydrogens is 420 g/mol. The van der Waals surface area contributed by atoms with Crippen LogP contribution in [-0.4, -0.2) is 36.9 Å². The second-order valence-corrected chi connectivity index (χ2v) is 8.36. The molecule has 0 aliphatic carbocycles. The maximum absolute atomic E-state index is 12.8. The van der Waals surface area contributed by atoms with Crippen LogP contribution in [0.2, 0.25) is 5.02 Å². The SMILES string of the molecule is CCCN(CCC)C(=O)c1ccc(NC(=O)c2sc3cc(OC)ccc3c2Cl)cc1. The Hall–Kier alpha value is -2.57. The molecule has 0 atom stereocenters. The standard InChI is InChI=1S/C23H25ClN2O3S/c1-4-12-26(13-5-2)23(28)15-6-8-16(9-7-15)25-22(27)21-20(24)18-11-10-17(29-3)14-19(18)30-21/h6-11,14H,4-5,12-13H2,1-3H3,(H,25,27). The summed E-state index contributed by atoms with van der Waals surface area (Å²) < 4.78 is 6.12. The number of nitrogens with one attached hydrogen (secondary N) is 1. The van der Waals surface area contributed by atoms with Gasteiger partial charge in [0.2, 0.25) is 0 Å². The van der Waals surface area contributed by atoms with Gasteiger partial charge in [0.05, 0.1) is 12.1 Å². The lowest BCUT2D eigenvalue weighted by molar-refractivity contribution is 0.0755. The number of thiophene rings is 1. The fourth-order valence-corrected chi connectivity index (χ4v) is 4.68. The molecule has 3 aromatic rings. The summed E-state index contributed by atoms with van der Waals surface area (Å²) in [4.78, 5) is 27.8. The third kappa shape index (κ3) is 4.77. The van der Waals surface area contributed by atoms with E-state index in [1.54, 1.807) is 31.4 Å². The number of hydrogen-bond donors (Lipinski definition) is 1. The first-order valence-corrected chi connectivity index (χ1v) is 11.1. The number of carbonyl (C=O) groups is 2. The van der Waals surface area contributed by atoms with Crippen molar-refractivity contribution in [3.63, 3.8) is 0 Å². The summed E-state index contributed by atoms with van der Waals surface area (Å²) >= 11 is 7.75. The average molecular weight is 445 g/mol. The lowest BCUT2D eigenvalue weighted by Gasteiger charge is -2.21. The van der Waals surface area contributed by atoms with E-state index in [-0.39, 0.29) is 11.8 Å². The number of rotatable bonds is 8. The molecule has 1 heterocycles. The van der Waals surface area contributed by atoms with Gasteiger partial charge < -0.3 is 15.0 Å². The predicted octanol–water partition coefficient (Wildman–Crippen LogP) is 6.08. The molecule has 30 heavy (non-hydrogen) atoms. The van der Waals surface area contributed by atoms with Crippen LogP contribution in [0.3, 0.4) is 0 Å². The molecule has 0 aliphatic heterocycles. The quantitative estimate of drug-likeness (QED) is 0.458. The second-order valence-electron chi connectivity index (χ2n) is 6.93. The molecule has 3 rings (SSSR count). The highest BCUT2D eigenvalue weighted by Crippen LogP contribution is 2.37. The third-order valence-corrected chi connectivity index (χ3v) is 6.36. The van der Waals surface area contributed by atoms with Crippen molar-refractivity contribution >= 4 is 50.5 Å². The van der Waals surface area contributed by atoms with E-state index in [1.807, 2.05) is 23.1 Å². The van der Waals surface area contributed by atoms with E-state index in [4.69, 9.17) is 16.3 Å². The van der Waals surface area contributed by atoms with Crippen molar-refractivity contribution < 1.29 is 14.3 Å². The van der Waals surface area contributed by atoms with E-state index < -0.39 is 0 Å². The zero-order chi connectivity index (χ0) is 21.7. The maximum atomic E-state index is 12.8. The third-order valence-electron chi connectivity index (χ3n) is 4.71. The summed E-state index contributed by atoms with van der Waals surface area (Å²) in [5.41, 5.74) is 1.22. The smallest absolute Gasteiger partial charge is 0.267 e. The number of ether oxygens (including phenoxy) is 1. The topological polar surface area (TPSA) is 58.6 Å². The van der Waals surface area contributed by atoms with Crippen molar-refractivity contribution in [3.05, 3.63) is 57.9 Å². The van der Waals surface area contributed by atoms with Gasteiger partial charge in [-0.2, -0.15) is 0 Å². The zero-order valence-corrected chi connectivity index (χ0v) is 18.9. The van der Waals surface area contributed by atoms with Crippen LogP contribution in [0.5, 0.6) is 5.75 Å². The van der Waals surface area contributed by atoms with E-state index in [0.29, 0.717) is 26.9 Å². The molecule has 0 saturated carbocycles. The number of fused-ring (bicyclic) bond motifs is 1. The van der Waals surface area contributed by atoms with Crippen LogP contribution in [0.4, 0.5) is 5.69 Å². The van der Waals surface area contributed by atoms with Crippen LogP contribution in [0.1, 0.15) is 46.7 Å². The Balaban J connectivity index is 1.75. The number of methoxy groups -OCH3 is 1. The van der Waals surface area contributed by atoms with Gasteiger partial charge in [0.25, 0.3) is 11.8 Å².